The van der Waals surface area contributed by atoms with Gasteiger partial charge in [0.05, 0.1) is 29.1 Å². The lowest BCUT2D eigenvalue weighted by Gasteiger charge is -2.17. The van der Waals surface area contributed by atoms with Crippen LogP contribution in [-0.4, -0.2) is 32.2 Å². The average Bonchev–Trinajstić information content (AvgIpc) is 3.17. The fraction of sp³-hybridized carbons (Fsp3) is 0.273. The minimum atomic E-state index is -0.962. The normalized spacial score (nSPS) is 13.2. The van der Waals surface area contributed by atoms with Gasteiger partial charge in [0, 0.05) is 29.9 Å². The largest absolute Gasteiger partial charge is 0.481 e. The van der Waals surface area contributed by atoms with E-state index in [0.29, 0.717) is 24.1 Å². The Morgan fingerprint density at radius 1 is 1.16 bits per heavy atom. The number of aryl methyl sites for hydroxylation is 1. The first-order chi connectivity index (χ1) is 15.0. The molecule has 0 fully saturated rings. The minimum absolute atomic E-state index is 0.0818. The molecule has 0 aromatic carbocycles. The van der Waals surface area contributed by atoms with Crippen molar-refractivity contribution in [2.24, 2.45) is 0 Å². The van der Waals surface area contributed by atoms with Gasteiger partial charge in [0.15, 0.2) is 0 Å². The second-order valence-corrected chi connectivity index (χ2v) is 8.37. The van der Waals surface area contributed by atoms with Crippen molar-refractivity contribution in [1.29, 1.82) is 0 Å². The molecule has 4 heterocycles. The summed E-state index contributed by atoms with van der Waals surface area (Å²) in [6, 6.07) is 11.4. The van der Waals surface area contributed by atoms with Crippen molar-refractivity contribution < 1.29 is 9.84 Å². The number of fused-ring (bicyclic) bond motifs is 1. The number of pyridine rings is 2. The molecular formula is C22H24N6O2S. The van der Waals surface area contributed by atoms with Crippen LogP contribution < -0.4 is 15.4 Å². The van der Waals surface area contributed by atoms with Crippen LogP contribution in [0.25, 0.3) is 10.2 Å². The van der Waals surface area contributed by atoms with Gasteiger partial charge in [-0.05, 0) is 37.6 Å². The molecule has 8 nitrogen and oxygen atoms in total. The van der Waals surface area contributed by atoms with Crippen LogP contribution >= 0.6 is 11.3 Å². The highest BCUT2D eigenvalue weighted by Gasteiger charge is 2.19. The topological polar surface area (TPSA) is 105 Å². The fourth-order valence-corrected chi connectivity index (χ4v) is 4.13. The molecule has 4 aromatic heterocycles. The molecule has 0 saturated heterocycles. The Morgan fingerprint density at radius 3 is 2.74 bits per heavy atom. The van der Waals surface area contributed by atoms with E-state index in [1.165, 1.54) is 0 Å². The van der Waals surface area contributed by atoms with E-state index in [4.69, 9.17) is 4.74 Å². The third kappa shape index (κ3) is 4.96. The maximum Gasteiger partial charge on any atom is 0.224 e. The summed E-state index contributed by atoms with van der Waals surface area (Å²) < 4.78 is 5.95. The Hall–Kier alpha value is -3.14. The molecular weight excluding hydrogens is 412 g/mol. The maximum atomic E-state index is 10.9. The number of thiophene rings is 1. The number of methoxy groups -OCH3 is 1. The smallest absolute Gasteiger partial charge is 0.224 e. The number of rotatable bonds is 8. The van der Waals surface area contributed by atoms with Gasteiger partial charge in [-0.15, -0.1) is 11.3 Å². The monoisotopic (exact) mass is 436 g/mol. The van der Waals surface area contributed by atoms with Gasteiger partial charge in [0.25, 0.3) is 0 Å². The van der Waals surface area contributed by atoms with Crippen LogP contribution in [-0.2, 0) is 6.54 Å². The molecule has 0 aliphatic heterocycles. The zero-order valence-electron chi connectivity index (χ0n) is 17.5. The van der Waals surface area contributed by atoms with Crippen molar-refractivity contribution in [3.8, 4) is 5.88 Å². The second-order valence-electron chi connectivity index (χ2n) is 7.12. The van der Waals surface area contributed by atoms with Crippen molar-refractivity contribution in [2.45, 2.75) is 32.7 Å². The standard InChI is InChI=1S/C22H24N6O2S/c1-13-10-17-20(31-13)19(21(29)25-12-15-7-8-18(30-3)24-11-15)28-22(27-17)26-14(2)16-6-4-5-9-23-16/h4-11,14,21,25,29H,12H2,1-3H3,(H,26,27,28). The van der Waals surface area contributed by atoms with Gasteiger partial charge in [-0.25, -0.2) is 15.0 Å². The number of nitrogens with one attached hydrogen (secondary N) is 2. The Bertz CT molecular complexity index is 1150. The quantitative estimate of drug-likeness (QED) is 0.359. The van der Waals surface area contributed by atoms with Crippen LogP contribution in [0.1, 0.15) is 41.0 Å². The van der Waals surface area contributed by atoms with E-state index in [9.17, 15) is 5.11 Å². The summed E-state index contributed by atoms with van der Waals surface area (Å²) >= 11 is 1.56. The molecule has 0 bridgehead atoms. The first-order valence-corrected chi connectivity index (χ1v) is 10.7. The van der Waals surface area contributed by atoms with Crippen molar-refractivity contribution in [1.82, 2.24) is 25.3 Å². The zero-order chi connectivity index (χ0) is 21.8. The number of aliphatic hydroxyl groups is 1. The summed E-state index contributed by atoms with van der Waals surface area (Å²) in [5, 5.41) is 17.3. The number of ether oxygens (including phenoxy) is 1. The van der Waals surface area contributed by atoms with Crippen LogP contribution in [0.4, 0.5) is 5.95 Å². The number of anilines is 1. The summed E-state index contributed by atoms with van der Waals surface area (Å²) in [7, 11) is 1.58. The molecule has 2 atom stereocenters. The molecule has 160 valence electrons. The molecule has 2 unspecified atom stereocenters. The second kappa shape index (κ2) is 9.34. The van der Waals surface area contributed by atoms with Crippen LogP contribution in [0.15, 0.2) is 48.8 Å². The predicted octanol–water partition coefficient (Wildman–Crippen LogP) is 3.75. The van der Waals surface area contributed by atoms with Gasteiger partial charge < -0.3 is 15.2 Å². The van der Waals surface area contributed by atoms with Gasteiger partial charge in [0.2, 0.25) is 11.8 Å². The van der Waals surface area contributed by atoms with Crippen molar-refractivity contribution in [3.05, 3.63) is 70.6 Å². The molecule has 3 N–H and O–H groups in total. The predicted molar refractivity (Wildman–Crippen MR) is 121 cm³/mol. The third-order valence-corrected chi connectivity index (χ3v) is 5.83. The summed E-state index contributed by atoms with van der Waals surface area (Å²) in [6.07, 6.45) is 2.51. The summed E-state index contributed by atoms with van der Waals surface area (Å²) in [6.45, 7) is 4.45. The van der Waals surface area contributed by atoms with E-state index in [1.54, 1.807) is 36.9 Å². The van der Waals surface area contributed by atoms with E-state index in [0.717, 1.165) is 26.4 Å². The summed E-state index contributed by atoms with van der Waals surface area (Å²) in [4.78, 5) is 18.9. The SMILES string of the molecule is COc1ccc(CNC(O)c2nc(NC(C)c3ccccn3)nc3cc(C)sc23)cn1. The van der Waals surface area contributed by atoms with Gasteiger partial charge in [-0.2, -0.15) is 0 Å². The molecule has 0 aliphatic carbocycles. The van der Waals surface area contributed by atoms with E-state index >= 15 is 0 Å². The fourth-order valence-electron chi connectivity index (χ4n) is 3.17. The van der Waals surface area contributed by atoms with E-state index in [2.05, 4.69) is 30.6 Å². The molecule has 0 radical (unpaired) electrons. The molecule has 31 heavy (non-hydrogen) atoms. The lowest BCUT2D eigenvalue weighted by atomic mass is 10.2. The molecule has 4 aromatic rings. The molecule has 9 heteroatoms. The molecule has 0 saturated carbocycles. The number of hydrogen-bond donors (Lipinski definition) is 3. The van der Waals surface area contributed by atoms with Crippen LogP contribution in [0.2, 0.25) is 0 Å². The van der Waals surface area contributed by atoms with Crippen molar-refractivity contribution in [3.63, 3.8) is 0 Å². The first-order valence-electron chi connectivity index (χ1n) is 9.89. The van der Waals surface area contributed by atoms with Gasteiger partial charge in [-0.1, -0.05) is 12.1 Å². The molecule has 0 spiro atoms. The van der Waals surface area contributed by atoms with E-state index < -0.39 is 6.23 Å². The Labute approximate surface area is 184 Å². The molecule has 0 aliphatic rings. The Morgan fingerprint density at radius 2 is 2.03 bits per heavy atom. The van der Waals surface area contributed by atoms with Crippen LogP contribution in [0.3, 0.4) is 0 Å². The Balaban J connectivity index is 1.56. The molecule has 0 amide bonds. The number of aliphatic hydroxyl groups excluding tert-OH is 1. The van der Waals surface area contributed by atoms with Gasteiger partial charge in [-0.3, -0.25) is 10.3 Å². The van der Waals surface area contributed by atoms with Crippen molar-refractivity contribution >= 4 is 27.5 Å². The number of nitrogens with zero attached hydrogens (tertiary/aromatic N) is 4. The first kappa shape index (κ1) is 21.1. The Kier molecular flexibility index (Phi) is 6.36. The lowest BCUT2D eigenvalue weighted by molar-refractivity contribution is 0.134. The number of hydrogen-bond acceptors (Lipinski definition) is 9. The molecule has 4 rings (SSSR count). The van der Waals surface area contributed by atoms with Gasteiger partial charge >= 0.3 is 0 Å². The van der Waals surface area contributed by atoms with Gasteiger partial charge in [0.1, 0.15) is 11.9 Å². The zero-order valence-corrected chi connectivity index (χ0v) is 18.3. The average molecular weight is 437 g/mol. The summed E-state index contributed by atoms with van der Waals surface area (Å²) in [5.41, 5.74) is 3.16. The summed E-state index contributed by atoms with van der Waals surface area (Å²) in [5.74, 6) is 0.999. The maximum absolute atomic E-state index is 10.9. The van der Waals surface area contributed by atoms with Crippen LogP contribution in [0.5, 0.6) is 5.88 Å². The van der Waals surface area contributed by atoms with Crippen molar-refractivity contribution in [2.75, 3.05) is 12.4 Å². The highest BCUT2D eigenvalue weighted by Crippen LogP contribution is 2.30. The van der Waals surface area contributed by atoms with Crippen LogP contribution in [0, 0.1) is 6.92 Å². The van der Waals surface area contributed by atoms with E-state index in [-0.39, 0.29) is 6.04 Å². The highest BCUT2D eigenvalue weighted by atomic mass is 32.1. The number of aromatic nitrogens is 4. The minimum Gasteiger partial charge on any atom is -0.481 e. The van der Waals surface area contributed by atoms with E-state index in [1.807, 2.05) is 44.2 Å². The highest BCUT2D eigenvalue weighted by molar-refractivity contribution is 7.19. The third-order valence-electron chi connectivity index (χ3n) is 4.76. The lowest BCUT2D eigenvalue weighted by Crippen LogP contribution is -2.22.